The van der Waals surface area contributed by atoms with Crippen molar-refractivity contribution in [1.29, 1.82) is 0 Å². The second-order valence-electron chi connectivity index (χ2n) is 17.5. The minimum Gasteiger partial charge on any atom is -0.506 e. The Kier molecular flexibility index (Phi) is 15.1. The molecule has 8 rings (SSSR count). The molecule has 0 bridgehead atoms. The lowest BCUT2D eigenvalue weighted by atomic mass is 9.86. The number of nitrogens with one attached hydrogen (secondary N) is 3. The monoisotopic (exact) mass is 907 g/mol. The van der Waals surface area contributed by atoms with Gasteiger partial charge >= 0.3 is 5.97 Å². The summed E-state index contributed by atoms with van der Waals surface area (Å²) in [6.45, 7) is 4.21. The zero-order chi connectivity index (χ0) is 46.8. The molecule has 67 heavy (non-hydrogen) atoms. The van der Waals surface area contributed by atoms with Gasteiger partial charge in [0.1, 0.15) is 11.5 Å². The second-order valence-corrected chi connectivity index (χ2v) is 17.5. The maximum atomic E-state index is 13.9. The first-order valence-electron chi connectivity index (χ1n) is 22.9. The Morgan fingerprint density at radius 2 is 1.54 bits per heavy atom. The molecule has 14 heteroatoms. The number of rotatable bonds is 18. The Hall–Kier alpha value is -6.84. The Morgan fingerprint density at radius 3 is 2.30 bits per heavy atom. The van der Waals surface area contributed by atoms with Gasteiger partial charge in [-0.2, -0.15) is 0 Å². The van der Waals surface area contributed by atoms with Crippen LogP contribution in [0.5, 0.6) is 11.5 Å². The number of nitrogens with zero attached hydrogens (tertiary/aromatic N) is 2. The third-order valence-corrected chi connectivity index (χ3v) is 12.8. The van der Waals surface area contributed by atoms with Crippen molar-refractivity contribution in [2.75, 3.05) is 52.5 Å². The molecule has 2 amide bonds. The number of esters is 1. The van der Waals surface area contributed by atoms with Crippen LogP contribution in [0.25, 0.3) is 10.9 Å². The van der Waals surface area contributed by atoms with Gasteiger partial charge in [0.15, 0.2) is 6.61 Å². The number of amides is 2. The number of hydrogen-bond acceptors (Lipinski definition) is 11. The van der Waals surface area contributed by atoms with E-state index in [1.165, 1.54) is 17.7 Å². The van der Waals surface area contributed by atoms with E-state index in [9.17, 15) is 34.5 Å². The van der Waals surface area contributed by atoms with Crippen LogP contribution in [0.3, 0.4) is 0 Å². The lowest BCUT2D eigenvalue weighted by molar-refractivity contribution is -0.164. The van der Waals surface area contributed by atoms with E-state index >= 15 is 0 Å². The van der Waals surface area contributed by atoms with Crippen LogP contribution in [0.15, 0.2) is 138 Å². The van der Waals surface area contributed by atoms with E-state index in [1.54, 1.807) is 77.7 Å². The van der Waals surface area contributed by atoms with Crippen LogP contribution in [-0.4, -0.2) is 106 Å². The smallest absolute Gasteiger partial charge is 0.347 e. The second kappa shape index (κ2) is 21.6. The van der Waals surface area contributed by atoms with Crippen LogP contribution < -0.4 is 20.9 Å². The Labute approximate surface area is 389 Å². The summed E-state index contributed by atoms with van der Waals surface area (Å²) < 4.78 is 11.8. The molecule has 0 radical (unpaired) electrons. The van der Waals surface area contributed by atoms with Gasteiger partial charge in [-0.05, 0) is 110 Å². The number of aliphatic hydroxyl groups is 2. The lowest BCUT2D eigenvalue weighted by Crippen LogP contribution is -2.41. The summed E-state index contributed by atoms with van der Waals surface area (Å²) in [7, 11) is 0. The number of aliphatic hydroxyl groups excluding tert-OH is 1. The van der Waals surface area contributed by atoms with Crippen LogP contribution in [-0.2, 0) is 32.9 Å². The van der Waals surface area contributed by atoms with Gasteiger partial charge in [-0.25, -0.2) is 4.79 Å². The summed E-state index contributed by atoms with van der Waals surface area (Å²) >= 11 is 0. The number of pyridine rings is 1. The first-order valence-corrected chi connectivity index (χ1v) is 22.9. The molecule has 3 atom stereocenters. The van der Waals surface area contributed by atoms with Gasteiger partial charge in [-0.1, -0.05) is 91.0 Å². The highest BCUT2D eigenvalue weighted by atomic mass is 16.5. The number of H-pyrrole nitrogens is 1. The molecule has 2 saturated heterocycles. The van der Waals surface area contributed by atoms with E-state index in [2.05, 4.69) is 32.7 Å². The number of piperidine rings is 1. The van der Waals surface area contributed by atoms with Crippen molar-refractivity contribution in [2.45, 2.75) is 50.0 Å². The van der Waals surface area contributed by atoms with Crippen molar-refractivity contribution < 1.29 is 39.2 Å². The molecule has 2 aliphatic heterocycles. The number of likely N-dealkylation sites (tertiary alicyclic amines) is 2. The molecule has 348 valence electrons. The van der Waals surface area contributed by atoms with Crippen molar-refractivity contribution >= 4 is 28.7 Å². The number of hydrogen-bond donors (Lipinski definition) is 6. The highest BCUT2D eigenvalue weighted by Crippen LogP contribution is 2.34. The van der Waals surface area contributed by atoms with Gasteiger partial charge in [0.05, 0.1) is 18.2 Å². The van der Waals surface area contributed by atoms with Gasteiger partial charge in [0.25, 0.3) is 11.8 Å². The van der Waals surface area contributed by atoms with Gasteiger partial charge < -0.3 is 45.3 Å². The largest absolute Gasteiger partial charge is 0.506 e. The maximum Gasteiger partial charge on any atom is 0.347 e. The van der Waals surface area contributed by atoms with Crippen molar-refractivity contribution in [3.05, 3.63) is 177 Å². The molecule has 5 aromatic carbocycles. The molecule has 0 saturated carbocycles. The topological polar surface area (TPSA) is 194 Å². The molecular weight excluding hydrogens is 851 g/mol. The predicted molar refractivity (Wildman–Crippen MR) is 253 cm³/mol. The SMILES string of the molecule is O=C(COc1cccc(C(O)(C(=O)OCC2CCN(Cc3ccccc3)CC2)c2ccccc2)c1)N[C@@H]1CCN(C(=O)c2ccc(CCNC[C@H](O)c3ccc(O)c4[nH]c(=O)ccc34)cc2)C1. The van der Waals surface area contributed by atoms with Crippen molar-refractivity contribution in [1.82, 2.24) is 25.4 Å². The number of carbonyl (C=O) groups is 3. The summed E-state index contributed by atoms with van der Waals surface area (Å²) in [5, 5.41) is 40.0. The van der Waals surface area contributed by atoms with Gasteiger partial charge in [-0.3, -0.25) is 19.3 Å². The lowest BCUT2D eigenvalue weighted by Gasteiger charge is -2.33. The van der Waals surface area contributed by atoms with Gasteiger partial charge in [0.2, 0.25) is 11.2 Å². The summed E-state index contributed by atoms with van der Waals surface area (Å²) in [5.74, 6) is -0.868. The third-order valence-electron chi connectivity index (χ3n) is 12.8. The van der Waals surface area contributed by atoms with E-state index in [1.807, 2.05) is 36.4 Å². The minimum absolute atomic E-state index is 0.0641. The van der Waals surface area contributed by atoms with E-state index in [0.29, 0.717) is 60.3 Å². The molecule has 2 aliphatic rings. The molecule has 6 N–H and O–H groups in total. The number of aromatic nitrogens is 1. The van der Waals surface area contributed by atoms with Crippen LogP contribution in [0.1, 0.15) is 63.5 Å². The number of ether oxygens (including phenoxy) is 2. The number of aromatic amines is 1. The first-order chi connectivity index (χ1) is 32.5. The zero-order valence-electron chi connectivity index (χ0n) is 37.3. The van der Waals surface area contributed by atoms with E-state index in [-0.39, 0.29) is 65.9 Å². The minimum atomic E-state index is -2.11. The highest BCUT2D eigenvalue weighted by molar-refractivity contribution is 5.94. The van der Waals surface area contributed by atoms with Gasteiger partial charge in [0, 0.05) is 54.8 Å². The molecule has 0 aliphatic carbocycles. The molecule has 3 heterocycles. The standard InChI is InChI=1S/C53H57N5O9/c59-46-20-18-44(45-19-21-48(61)56-50(45)46)47(60)31-54-26-22-36-14-16-39(17-15-36)51(63)58-29-25-42(33-58)55-49(62)35-66-43-13-7-12-41(30-43)53(65,40-10-5-2-6-11-40)52(64)67-34-38-23-27-57(28-24-38)32-37-8-3-1-4-9-37/h1-21,30,38,42,47,54,59-60,65H,22-29,31-35H2,(H,55,62)(H,56,61)/t42-,47+,53?/m1/s1. The summed E-state index contributed by atoms with van der Waals surface area (Å²) in [6, 6.07) is 38.7. The Morgan fingerprint density at radius 1 is 0.806 bits per heavy atom. The fraction of sp³-hybridized carbons (Fsp3) is 0.321. The Bertz CT molecular complexity index is 2690. The van der Waals surface area contributed by atoms with Crippen molar-refractivity contribution in [3.63, 3.8) is 0 Å². The van der Waals surface area contributed by atoms with Crippen LogP contribution in [0.2, 0.25) is 0 Å². The zero-order valence-corrected chi connectivity index (χ0v) is 37.3. The molecule has 14 nitrogen and oxygen atoms in total. The molecule has 2 fully saturated rings. The number of aromatic hydroxyl groups is 1. The van der Waals surface area contributed by atoms with Crippen LogP contribution in [0, 0.1) is 5.92 Å². The summed E-state index contributed by atoms with van der Waals surface area (Å²) in [4.78, 5) is 58.9. The number of phenols is 1. The van der Waals surface area contributed by atoms with Crippen molar-refractivity contribution in [2.24, 2.45) is 5.92 Å². The number of benzene rings is 5. The van der Waals surface area contributed by atoms with Gasteiger partial charge in [-0.15, -0.1) is 0 Å². The average Bonchev–Trinajstić information content (AvgIpc) is 3.83. The maximum absolute atomic E-state index is 13.9. The predicted octanol–water partition coefficient (Wildman–Crippen LogP) is 5.20. The van der Waals surface area contributed by atoms with E-state index < -0.39 is 17.7 Å². The quantitative estimate of drug-likeness (QED) is 0.0491. The van der Waals surface area contributed by atoms with E-state index in [4.69, 9.17) is 9.47 Å². The highest BCUT2D eigenvalue weighted by Gasteiger charge is 2.42. The number of carbonyl (C=O) groups excluding carboxylic acids is 3. The number of phenolic OH excluding ortho intramolecular Hbond substituents is 1. The molecule has 0 spiro atoms. The van der Waals surface area contributed by atoms with Crippen LogP contribution in [0.4, 0.5) is 0 Å². The normalized spacial score (nSPS) is 16.9. The first kappa shape index (κ1) is 46.7. The summed E-state index contributed by atoms with van der Waals surface area (Å²) in [5.41, 5.74) is 1.84. The van der Waals surface area contributed by atoms with E-state index in [0.717, 1.165) is 38.0 Å². The fourth-order valence-electron chi connectivity index (χ4n) is 8.95. The molecule has 6 aromatic rings. The molecule has 1 aromatic heterocycles. The number of fused-ring (bicyclic) bond motifs is 1. The fourth-order valence-corrected chi connectivity index (χ4v) is 8.95. The molecular formula is C53H57N5O9. The average molecular weight is 908 g/mol. The third kappa shape index (κ3) is 11.6. The Balaban J connectivity index is 0.780. The summed E-state index contributed by atoms with van der Waals surface area (Å²) in [6.07, 6.45) is 2.13. The van der Waals surface area contributed by atoms with Crippen molar-refractivity contribution in [3.8, 4) is 11.5 Å². The molecule has 1 unspecified atom stereocenters. The van der Waals surface area contributed by atoms with Crippen LogP contribution >= 0.6 is 0 Å².